The number of halogens is 1. The highest BCUT2D eigenvalue weighted by Gasteiger charge is 2.12. The molecule has 0 bridgehead atoms. The molecule has 0 aliphatic heterocycles. The van der Waals surface area contributed by atoms with Crippen molar-refractivity contribution in [2.75, 3.05) is 5.32 Å². The maximum absolute atomic E-state index is 12.8. The Bertz CT molecular complexity index is 1190. The van der Waals surface area contributed by atoms with Gasteiger partial charge in [0.2, 0.25) is 0 Å². The largest absolute Gasteiger partial charge is 0.371 e. The minimum atomic E-state index is -0.483. The van der Waals surface area contributed by atoms with Crippen LogP contribution < -0.4 is 5.32 Å². The summed E-state index contributed by atoms with van der Waals surface area (Å²) in [5.74, 6) is 1.28. The monoisotopic (exact) mass is 416 g/mol. The molecule has 0 atom stereocenters. The van der Waals surface area contributed by atoms with Gasteiger partial charge in [-0.15, -0.1) is 0 Å². The lowest BCUT2D eigenvalue weighted by molar-refractivity contribution is 0.0615. The molecule has 0 radical (unpaired) electrons. The third kappa shape index (κ3) is 4.86. The summed E-state index contributed by atoms with van der Waals surface area (Å²) in [4.78, 5) is 14.0. The van der Waals surface area contributed by atoms with E-state index in [-0.39, 0.29) is 6.10 Å². The third-order valence-electron chi connectivity index (χ3n) is 4.94. The molecular formula is C25H25FN4O. The van der Waals surface area contributed by atoms with Gasteiger partial charge in [-0.3, -0.25) is 4.98 Å². The SMILES string of the molecule is Cc1cccnc1-c1ccc2c(Nc3ccc(CF)cc3)nc(COC(C)C)nc2c1. The van der Waals surface area contributed by atoms with Crippen LogP contribution >= 0.6 is 0 Å². The lowest BCUT2D eigenvalue weighted by atomic mass is 10.0. The Morgan fingerprint density at radius 1 is 1.03 bits per heavy atom. The first-order valence-electron chi connectivity index (χ1n) is 10.3. The first kappa shape index (κ1) is 20.9. The summed E-state index contributed by atoms with van der Waals surface area (Å²) < 4.78 is 18.6. The Morgan fingerprint density at radius 3 is 2.55 bits per heavy atom. The molecule has 158 valence electrons. The fourth-order valence-electron chi connectivity index (χ4n) is 3.33. The van der Waals surface area contributed by atoms with Gasteiger partial charge in [-0.25, -0.2) is 14.4 Å². The van der Waals surface area contributed by atoms with Crippen LogP contribution in [0.25, 0.3) is 22.2 Å². The van der Waals surface area contributed by atoms with Crippen LogP contribution in [0.15, 0.2) is 60.8 Å². The molecule has 5 nitrogen and oxygen atoms in total. The maximum Gasteiger partial charge on any atom is 0.157 e. The van der Waals surface area contributed by atoms with Gasteiger partial charge in [0.1, 0.15) is 19.1 Å². The van der Waals surface area contributed by atoms with Gasteiger partial charge < -0.3 is 10.1 Å². The quantitative estimate of drug-likeness (QED) is 0.392. The number of benzene rings is 2. The van der Waals surface area contributed by atoms with Gasteiger partial charge in [0.05, 0.1) is 17.3 Å². The number of nitrogens with zero attached hydrogens (tertiary/aromatic N) is 3. The van der Waals surface area contributed by atoms with Crippen LogP contribution in [0.5, 0.6) is 0 Å². The van der Waals surface area contributed by atoms with Gasteiger partial charge in [0.15, 0.2) is 5.82 Å². The van der Waals surface area contributed by atoms with E-state index in [2.05, 4.69) is 10.3 Å². The molecule has 6 heteroatoms. The molecule has 4 aromatic rings. The number of hydrogen-bond donors (Lipinski definition) is 1. The van der Waals surface area contributed by atoms with Gasteiger partial charge >= 0.3 is 0 Å². The van der Waals surface area contributed by atoms with E-state index in [0.717, 1.165) is 33.4 Å². The molecule has 4 rings (SSSR count). The Balaban J connectivity index is 1.77. The number of aryl methyl sites for hydroxylation is 1. The highest BCUT2D eigenvalue weighted by molar-refractivity contribution is 5.93. The van der Waals surface area contributed by atoms with Crippen molar-refractivity contribution in [2.24, 2.45) is 0 Å². The second-order valence-electron chi connectivity index (χ2n) is 7.70. The number of nitrogens with one attached hydrogen (secondary N) is 1. The minimum absolute atomic E-state index is 0.0754. The second kappa shape index (κ2) is 9.18. The van der Waals surface area contributed by atoms with Crippen molar-refractivity contribution in [3.8, 4) is 11.3 Å². The molecule has 0 aliphatic rings. The van der Waals surface area contributed by atoms with Crippen LogP contribution in [0, 0.1) is 6.92 Å². The maximum atomic E-state index is 12.8. The number of fused-ring (bicyclic) bond motifs is 1. The molecule has 31 heavy (non-hydrogen) atoms. The molecule has 0 saturated heterocycles. The average Bonchev–Trinajstić information content (AvgIpc) is 2.78. The molecule has 2 heterocycles. The minimum Gasteiger partial charge on any atom is -0.371 e. The summed E-state index contributed by atoms with van der Waals surface area (Å²) in [6.45, 7) is 5.84. The summed E-state index contributed by atoms with van der Waals surface area (Å²) in [6, 6.07) is 17.3. The number of hydrogen-bond acceptors (Lipinski definition) is 5. The number of aromatic nitrogens is 3. The van der Waals surface area contributed by atoms with E-state index in [1.807, 2.05) is 63.2 Å². The Kier molecular flexibility index (Phi) is 6.18. The highest BCUT2D eigenvalue weighted by atomic mass is 19.1. The first-order chi connectivity index (χ1) is 15.0. The zero-order chi connectivity index (χ0) is 21.8. The molecule has 0 aliphatic carbocycles. The molecule has 0 unspecified atom stereocenters. The van der Waals surface area contributed by atoms with Crippen molar-refractivity contribution >= 4 is 22.4 Å². The fourth-order valence-corrected chi connectivity index (χ4v) is 3.33. The Hall–Kier alpha value is -3.38. The molecule has 2 aromatic carbocycles. The molecule has 0 spiro atoms. The van der Waals surface area contributed by atoms with Crippen molar-refractivity contribution in [3.05, 3.63) is 77.7 Å². The predicted molar refractivity (Wildman–Crippen MR) is 122 cm³/mol. The average molecular weight is 417 g/mol. The smallest absolute Gasteiger partial charge is 0.157 e. The number of rotatable bonds is 7. The van der Waals surface area contributed by atoms with Crippen LogP contribution in [0.3, 0.4) is 0 Å². The molecule has 0 fully saturated rings. The number of pyridine rings is 1. The van der Waals surface area contributed by atoms with Crippen LogP contribution in [0.4, 0.5) is 15.9 Å². The van der Waals surface area contributed by atoms with Crippen LogP contribution in [-0.4, -0.2) is 21.1 Å². The van der Waals surface area contributed by atoms with E-state index in [9.17, 15) is 4.39 Å². The van der Waals surface area contributed by atoms with Gasteiger partial charge in [-0.2, -0.15) is 0 Å². The summed E-state index contributed by atoms with van der Waals surface area (Å²) in [5.41, 5.74) is 5.31. The van der Waals surface area contributed by atoms with Gasteiger partial charge in [0.25, 0.3) is 0 Å². The number of alkyl halides is 1. The van der Waals surface area contributed by atoms with E-state index in [1.54, 1.807) is 18.3 Å². The van der Waals surface area contributed by atoms with E-state index >= 15 is 0 Å². The Morgan fingerprint density at radius 2 is 1.84 bits per heavy atom. The summed E-state index contributed by atoms with van der Waals surface area (Å²) in [7, 11) is 0. The van der Waals surface area contributed by atoms with E-state index < -0.39 is 6.67 Å². The normalized spacial score (nSPS) is 11.3. The summed E-state index contributed by atoms with van der Waals surface area (Å²) in [6.07, 6.45) is 1.87. The zero-order valence-electron chi connectivity index (χ0n) is 17.9. The van der Waals surface area contributed by atoms with Crippen LogP contribution in [0.1, 0.15) is 30.8 Å². The third-order valence-corrected chi connectivity index (χ3v) is 4.94. The molecule has 2 aromatic heterocycles. The van der Waals surface area contributed by atoms with E-state index in [0.29, 0.717) is 23.8 Å². The first-order valence-corrected chi connectivity index (χ1v) is 10.3. The highest BCUT2D eigenvalue weighted by Crippen LogP contribution is 2.29. The van der Waals surface area contributed by atoms with E-state index in [4.69, 9.17) is 14.7 Å². The van der Waals surface area contributed by atoms with Crippen LogP contribution in [-0.2, 0) is 18.0 Å². The fraction of sp³-hybridized carbons (Fsp3) is 0.240. The van der Waals surface area contributed by atoms with Crippen molar-refractivity contribution in [1.82, 2.24) is 15.0 Å². The van der Waals surface area contributed by atoms with Crippen molar-refractivity contribution in [3.63, 3.8) is 0 Å². The molecule has 0 amide bonds. The van der Waals surface area contributed by atoms with Crippen LogP contribution in [0.2, 0.25) is 0 Å². The van der Waals surface area contributed by atoms with Crippen molar-refractivity contribution < 1.29 is 9.13 Å². The lowest BCUT2D eigenvalue weighted by Crippen LogP contribution is -2.07. The zero-order valence-corrected chi connectivity index (χ0v) is 17.9. The van der Waals surface area contributed by atoms with E-state index in [1.165, 1.54) is 0 Å². The molecular weight excluding hydrogens is 391 g/mol. The van der Waals surface area contributed by atoms with Crippen molar-refractivity contribution in [1.29, 1.82) is 0 Å². The molecule has 1 N–H and O–H groups in total. The second-order valence-corrected chi connectivity index (χ2v) is 7.70. The van der Waals surface area contributed by atoms with Gasteiger partial charge in [-0.1, -0.05) is 24.3 Å². The predicted octanol–water partition coefficient (Wildman–Crippen LogP) is 6.14. The lowest BCUT2D eigenvalue weighted by Gasteiger charge is -2.13. The van der Waals surface area contributed by atoms with Gasteiger partial charge in [0, 0.05) is 22.8 Å². The topological polar surface area (TPSA) is 59.9 Å². The summed E-state index contributed by atoms with van der Waals surface area (Å²) >= 11 is 0. The molecule has 0 saturated carbocycles. The summed E-state index contributed by atoms with van der Waals surface area (Å²) in [5, 5.41) is 4.24. The van der Waals surface area contributed by atoms with Crippen molar-refractivity contribution in [2.45, 2.75) is 40.2 Å². The number of anilines is 2. The Labute approximate surface area is 181 Å². The van der Waals surface area contributed by atoms with Gasteiger partial charge in [-0.05, 0) is 62.2 Å². The number of ether oxygens (including phenoxy) is 1. The standard InChI is InChI=1S/C25H25FN4O/c1-16(2)31-15-23-29-22-13-19(24-17(3)5-4-12-27-24)8-11-21(22)25(30-23)28-20-9-6-18(14-26)7-10-20/h4-13,16H,14-15H2,1-3H3,(H,28,29,30).